The summed E-state index contributed by atoms with van der Waals surface area (Å²) in [6.45, 7) is 0.505. The van der Waals surface area contributed by atoms with Crippen LogP contribution in [0.15, 0.2) is 18.2 Å². The number of halogens is 1. The lowest BCUT2D eigenvalue weighted by atomic mass is 9.86. The largest absolute Gasteiger partial charge is 0.465 e. The van der Waals surface area contributed by atoms with Crippen LogP contribution in [0.4, 0.5) is 4.79 Å². The molecule has 5 rings (SSSR count). The number of hydrogen-bond donors (Lipinski definition) is 1. The van der Waals surface area contributed by atoms with Crippen LogP contribution in [0.1, 0.15) is 80.9 Å². The summed E-state index contributed by atoms with van der Waals surface area (Å²) in [6.07, 6.45) is 10.3. The van der Waals surface area contributed by atoms with Crippen molar-refractivity contribution in [1.82, 2.24) is 19.7 Å². The molecule has 1 aromatic carbocycles. The number of nitrogens with zero attached hydrogens (tertiary/aromatic N) is 4. The molecule has 2 aromatic rings. The van der Waals surface area contributed by atoms with E-state index in [9.17, 15) is 9.90 Å². The highest BCUT2D eigenvalue weighted by molar-refractivity contribution is 6.30. The van der Waals surface area contributed by atoms with E-state index in [4.69, 9.17) is 16.3 Å². The molecule has 0 spiro atoms. The zero-order valence-corrected chi connectivity index (χ0v) is 18.4. The molecule has 0 saturated heterocycles. The second-order valence-corrected chi connectivity index (χ2v) is 9.53. The first-order valence-electron chi connectivity index (χ1n) is 11.4. The van der Waals surface area contributed by atoms with E-state index in [1.807, 2.05) is 18.2 Å². The molecule has 1 aliphatic heterocycles. The lowest BCUT2D eigenvalue weighted by Gasteiger charge is -2.32. The molecule has 166 valence electrons. The van der Waals surface area contributed by atoms with Crippen molar-refractivity contribution in [2.24, 2.45) is 0 Å². The molecule has 0 atom stereocenters. The van der Waals surface area contributed by atoms with Gasteiger partial charge in [-0.15, -0.1) is 10.2 Å². The SMILES string of the molecule is O=C(O)N1Cc2cc(Cl)ccc2-n2c(nnc2C2CCC(OC3CCCCC3)CC2)C1. The quantitative estimate of drug-likeness (QED) is 0.695. The first-order chi connectivity index (χ1) is 15.1. The van der Waals surface area contributed by atoms with Crippen molar-refractivity contribution < 1.29 is 14.6 Å². The Morgan fingerprint density at radius 3 is 2.48 bits per heavy atom. The fraction of sp³-hybridized carbons (Fsp3) is 0.609. The lowest BCUT2D eigenvalue weighted by Crippen LogP contribution is -2.28. The first-order valence-corrected chi connectivity index (χ1v) is 11.8. The Kier molecular flexibility index (Phi) is 5.89. The molecule has 0 radical (unpaired) electrons. The van der Waals surface area contributed by atoms with Gasteiger partial charge in [0, 0.05) is 10.9 Å². The Bertz CT molecular complexity index is 948. The monoisotopic (exact) mass is 444 g/mol. The molecule has 7 nitrogen and oxygen atoms in total. The average Bonchev–Trinajstić information content (AvgIpc) is 3.10. The van der Waals surface area contributed by atoms with Crippen LogP contribution in [0.2, 0.25) is 5.02 Å². The maximum absolute atomic E-state index is 11.7. The topological polar surface area (TPSA) is 80.5 Å². The van der Waals surface area contributed by atoms with Gasteiger partial charge in [-0.1, -0.05) is 30.9 Å². The van der Waals surface area contributed by atoms with E-state index in [1.54, 1.807) is 0 Å². The summed E-state index contributed by atoms with van der Waals surface area (Å²) in [4.78, 5) is 13.1. The molecular weight excluding hydrogens is 416 g/mol. The van der Waals surface area contributed by atoms with Gasteiger partial charge in [0.05, 0.1) is 31.0 Å². The third kappa shape index (κ3) is 4.30. The molecule has 2 fully saturated rings. The maximum Gasteiger partial charge on any atom is 0.408 e. The molecule has 1 aromatic heterocycles. The third-order valence-electron chi connectivity index (χ3n) is 6.98. The number of rotatable bonds is 3. The van der Waals surface area contributed by atoms with Crippen LogP contribution in [-0.4, -0.2) is 43.1 Å². The number of amides is 1. The predicted molar refractivity (Wildman–Crippen MR) is 117 cm³/mol. The highest BCUT2D eigenvalue weighted by Gasteiger charge is 2.32. The van der Waals surface area contributed by atoms with Crippen LogP contribution < -0.4 is 0 Å². The zero-order chi connectivity index (χ0) is 21.4. The van der Waals surface area contributed by atoms with E-state index in [-0.39, 0.29) is 13.1 Å². The maximum atomic E-state index is 11.7. The van der Waals surface area contributed by atoms with Gasteiger partial charge in [-0.2, -0.15) is 0 Å². The predicted octanol–water partition coefficient (Wildman–Crippen LogP) is 5.29. The Morgan fingerprint density at radius 1 is 1.00 bits per heavy atom. The Morgan fingerprint density at radius 2 is 1.74 bits per heavy atom. The minimum absolute atomic E-state index is 0.217. The summed E-state index contributed by atoms with van der Waals surface area (Å²) in [7, 11) is 0. The molecule has 2 heterocycles. The van der Waals surface area contributed by atoms with Crippen molar-refractivity contribution in [3.05, 3.63) is 40.4 Å². The van der Waals surface area contributed by atoms with Gasteiger partial charge >= 0.3 is 6.09 Å². The van der Waals surface area contributed by atoms with Gasteiger partial charge < -0.3 is 9.84 Å². The minimum Gasteiger partial charge on any atom is -0.465 e. The number of fused-ring (bicyclic) bond motifs is 3. The average molecular weight is 445 g/mol. The summed E-state index contributed by atoms with van der Waals surface area (Å²) in [5.74, 6) is 1.90. The molecule has 31 heavy (non-hydrogen) atoms. The smallest absolute Gasteiger partial charge is 0.408 e. The Balaban J connectivity index is 1.37. The molecule has 1 N–H and O–H groups in total. The van der Waals surface area contributed by atoms with Gasteiger partial charge in [0.1, 0.15) is 5.82 Å². The van der Waals surface area contributed by atoms with Gasteiger partial charge in [0.2, 0.25) is 0 Å². The van der Waals surface area contributed by atoms with Crippen molar-refractivity contribution in [3.8, 4) is 5.69 Å². The fourth-order valence-corrected chi connectivity index (χ4v) is 5.55. The van der Waals surface area contributed by atoms with E-state index < -0.39 is 6.09 Å². The van der Waals surface area contributed by atoms with Gasteiger partial charge in [-0.3, -0.25) is 9.47 Å². The third-order valence-corrected chi connectivity index (χ3v) is 7.21. The number of hydrogen-bond acceptors (Lipinski definition) is 4. The van der Waals surface area contributed by atoms with Crippen molar-refractivity contribution in [1.29, 1.82) is 0 Å². The first kappa shape index (κ1) is 20.8. The van der Waals surface area contributed by atoms with Crippen LogP contribution in [0.3, 0.4) is 0 Å². The van der Waals surface area contributed by atoms with E-state index in [2.05, 4.69) is 14.8 Å². The number of aromatic nitrogens is 3. The van der Waals surface area contributed by atoms with Crippen molar-refractivity contribution in [3.63, 3.8) is 0 Å². The number of benzene rings is 1. The van der Waals surface area contributed by atoms with E-state index >= 15 is 0 Å². The van der Waals surface area contributed by atoms with Crippen LogP contribution >= 0.6 is 11.6 Å². The van der Waals surface area contributed by atoms with E-state index in [0.29, 0.717) is 29.0 Å². The molecule has 0 bridgehead atoms. The van der Waals surface area contributed by atoms with Crippen LogP contribution in [0, 0.1) is 0 Å². The number of ether oxygens (including phenoxy) is 1. The zero-order valence-electron chi connectivity index (χ0n) is 17.7. The summed E-state index contributed by atoms with van der Waals surface area (Å²) in [6, 6.07) is 5.65. The minimum atomic E-state index is -0.968. The molecule has 8 heteroatoms. The second kappa shape index (κ2) is 8.79. The van der Waals surface area contributed by atoms with Crippen LogP contribution in [0.5, 0.6) is 0 Å². The molecule has 2 aliphatic carbocycles. The van der Waals surface area contributed by atoms with Crippen molar-refractivity contribution >= 4 is 17.7 Å². The van der Waals surface area contributed by atoms with Gasteiger partial charge in [0.15, 0.2) is 5.82 Å². The number of carboxylic acid groups (broad SMARTS) is 1. The van der Waals surface area contributed by atoms with Gasteiger partial charge in [0.25, 0.3) is 0 Å². The summed E-state index contributed by atoms with van der Waals surface area (Å²) in [5.41, 5.74) is 1.81. The summed E-state index contributed by atoms with van der Waals surface area (Å²) < 4.78 is 8.48. The van der Waals surface area contributed by atoms with E-state index in [0.717, 1.165) is 42.8 Å². The number of carbonyl (C=O) groups is 1. The van der Waals surface area contributed by atoms with Crippen molar-refractivity contribution in [2.75, 3.05) is 0 Å². The fourth-order valence-electron chi connectivity index (χ4n) is 5.36. The Labute approximate surface area is 187 Å². The van der Waals surface area contributed by atoms with Crippen LogP contribution in [0.25, 0.3) is 5.69 Å². The van der Waals surface area contributed by atoms with Crippen LogP contribution in [-0.2, 0) is 17.8 Å². The molecular formula is C23H29ClN4O3. The lowest BCUT2D eigenvalue weighted by molar-refractivity contribution is -0.0475. The molecule has 3 aliphatic rings. The van der Waals surface area contributed by atoms with Gasteiger partial charge in [-0.25, -0.2) is 4.79 Å². The summed E-state index contributed by atoms with van der Waals surface area (Å²) >= 11 is 6.22. The van der Waals surface area contributed by atoms with Gasteiger partial charge in [-0.05, 0) is 62.3 Å². The highest BCUT2D eigenvalue weighted by atomic mass is 35.5. The molecule has 1 amide bonds. The van der Waals surface area contributed by atoms with E-state index in [1.165, 1.54) is 37.0 Å². The van der Waals surface area contributed by atoms with Crippen molar-refractivity contribution in [2.45, 2.75) is 89.0 Å². The highest BCUT2D eigenvalue weighted by Crippen LogP contribution is 2.37. The molecule has 0 unspecified atom stereocenters. The second-order valence-electron chi connectivity index (χ2n) is 9.09. The Hall–Kier alpha value is -2.12. The normalized spacial score (nSPS) is 24.4. The molecule has 2 saturated carbocycles. The standard InChI is InChI=1S/C23H29ClN4O3/c24-17-8-11-20-16(12-17)13-27(23(29)30)14-21-25-26-22(28(20)21)15-6-9-19(10-7-15)31-18-4-2-1-3-5-18/h8,11-12,15,18-19H,1-7,9-10,13-14H2,(H,29,30). The summed E-state index contributed by atoms with van der Waals surface area (Å²) in [5, 5.41) is 19.2.